The highest BCUT2D eigenvalue weighted by Gasteiger charge is 2.32. The Bertz CT molecular complexity index is 675. The van der Waals surface area contributed by atoms with Crippen molar-refractivity contribution in [2.75, 3.05) is 18.5 Å². The Morgan fingerprint density at radius 1 is 1.35 bits per heavy atom. The Labute approximate surface area is 158 Å². The SMILES string of the molecule is CC[C@H](C(=O)Nc1cc(Cl)c(OCC(F)(F)F)c(Cl)c1)N1CCCC1=O. The van der Waals surface area contributed by atoms with Gasteiger partial charge in [0.05, 0.1) is 10.0 Å². The first-order valence-corrected chi connectivity index (χ1v) is 8.67. The first-order valence-electron chi connectivity index (χ1n) is 7.91. The number of benzene rings is 1. The third-order valence-electron chi connectivity index (χ3n) is 3.82. The summed E-state index contributed by atoms with van der Waals surface area (Å²) in [6.45, 7) is 0.757. The first kappa shape index (κ1) is 20.6. The number of carbonyl (C=O) groups excluding carboxylic acids is 2. The van der Waals surface area contributed by atoms with Gasteiger partial charge in [-0.1, -0.05) is 30.1 Å². The van der Waals surface area contributed by atoms with Crippen LogP contribution in [-0.2, 0) is 9.59 Å². The molecule has 1 N–H and O–H groups in total. The lowest BCUT2D eigenvalue weighted by molar-refractivity contribution is -0.153. The van der Waals surface area contributed by atoms with Gasteiger partial charge in [-0.3, -0.25) is 9.59 Å². The molecule has 10 heteroatoms. The molecule has 1 fully saturated rings. The second-order valence-corrected chi connectivity index (χ2v) is 6.59. The molecular weight excluding hydrogens is 396 g/mol. The molecule has 2 rings (SSSR count). The van der Waals surface area contributed by atoms with E-state index in [0.29, 0.717) is 25.8 Å². The molecule has 0 bridgehead atoms. The number of nitrogens with one attached hydrogen (secondary N) is 1. The smallest absolute Gasteiger partial charge is 0.422 e. The number of amides is 2. The van der Waals surface area contributed by atoms with Gasteiger partial charge in [-0.15, -0.1) is 0 Å². The number of hydrogen-bond acceptors (Lipinski definition) is 3. The molecule has 2 amide bonds. The number of alkyl halides is 3. The van der Waals surface area contributed by atoms with Gasteiger partial charge in [-0.25, -0.2) is 0 Å². The lowest BCUT2D eigenvalue weighted by Crippen LogP contribution is -2.44. The van der Waals surface area contributed by atoms with Crippen molar-refractivity contribution in [2.45, 2.75) is 38.4 Å². The minimum absolute atomic E-state index is 0.0843. The van der Waals surface area contributed by atoms with E-state index >= 15 is 0 Å². The lowest BCUT2D eigenvalue weighted by atomic mass is 10.1. The van der Waals surface area contributed by atoms with Crippen LogP contribution in [0, 0.1) is 0 Å². The Morgan fingerprint density at radius 3 is 2.42 bits per heavy atom. The van der Waals surface area contributed by atoms with Gasteiger partial charge in [-0.05, 0) is 25.0 Å². The number of ether oxygens (including phenoxy) is 1. The van der Waals surface area contributed by atoms with Crippen LogP contribution in [-0.4, -0.2) is 42.1 Å². The molecule has 0 saturated carbocycles. The van der Waals surface area contributed by atoms with Crippen LogP contribution < -0.4 is 10.1 Å². The average Bonchev–Trinajstić information content (AvgIpc) is 2.92. The normalized spacial score (nSPS) is 15.9. The van der Waals surface area contributed by atoms with E-state index in [9.17, 15) is 22.8 Å². The number of nitrogens with zero attached hydrogens (tertiary/aromatic N) is 1. The van der Waals surface area contributed by atoms with Gasteiger partial charge in [0.25, 0.3) is 0 Å². The van der Waals surface area contributed by atoms with E-state index in [1.807, 2.05) is 0 Å². The van der Waals surface area contributed by atoms with E-state index < -0.39 is 24.7 Å². The molecule has 0 aromatic heterocycles. The van der Waals surface area contributed by atoms with E-state index in [4.69, 9.17) is 23.2 Å². The molecule has 5 nitrogen and oxygen atoms in total. The van der Waals surface area contributed by atoms with Crippen LogP contribution in [0.5, 0.6) is 5.75 Å². The Balaban J connectivity index is 2.11. The average molecular weight is 413 g/mol. The standard InChI is InChI=1S/C16H17Cl2F3N2O3/c1-2-12(23-5-3-4-13(23)24)15(25)22-9-6-10(17)14(11(18)7-9)26-8-16(19,20)21/h6-7,12H,2-5,8H2,1H3,(H,22,25)/t12-/m1/s1. The summed E-state index contributed by atoms with van der Waals surface area (Å²) in [4.78, 5) is 25.8. The Kier molecular flexibility index (Phi) is 6.63. The molecule has 1 saturated heterocycles. The zero-order chi connectivity index (χ0) is 19.5. The molecule has 1 aliphatic rings. The van der Waals surface area contributed by atoms with Crippen molar-refractivity contribution in [2.24, 2.45) is 0 Å². The largest absolute Gasteiger partial charge is 0.481 e. The van der Waals surface area contributed by atoms with E-state index in [2.05, 4.69) is 10.1 Å². The van der Waals surface area contributed by atoms with Crippen LogP contribution >= 0.6 is 23.2 Å². The maximum Gasteiger partial charge on any atom is 0.422 e. The summed E-state index contributed by atoms with van der Waals surface area (Å²) in [7, 11) is 0. The van der Waals surface area contributed by atoms with Crippen molar-refractivity contribution in [1.29, 1.82) is 0 Å². The summed E-state index contributed by atoms with van der Waals surface area (Å²) in [5, 5.41) is 2.26. The van der Waals surface area contributed by atoms with Gasteiger partial charge in [0, 0.05) is 18.7 Å². The summed E-state index contributed by atoms with van der Waals surface area (Å²) >= 11 is 11.8. The quantitative estimate of drug-likeness (QED) is 0.758. The second kappa shape index (κ2) is 8.35. The van der Waals surface area contributed by atoms with Gasteiger partial charge in [-0.2, -0.15) is 13.2 Å². The van der Waals surface area contributed by atoms with Crippen molar-refractivity contribution < 1.29 is 27.5 Å². The fourth-order valence-corrected chi connectivity index (χ4v) is 3.29. The van der Waals surface area contributed by atoms with E-state index in [1.165, 1.54) is 17.0 Å². The minimum Gasteiger partial charge on any atom is -0.481 e. The maximum absolute atomic E-state index is 12.5. The van der Waals surface area contributed by atoms with Crippen LogP contribution in [0.2, 0.25) is 10.0 Å². The van der Waals surface area contributed by atoms with Gasteiger partial charge in [0.15, 0.2) is 12.4 Å². The predicted molar refractivity (Wildman–Crippen MR) is 91.7 cm³/mol. The molecule has 0 radical (unpaired) electrons. The fraction of sp³-hybridized carbons (Fsp3) is 0.500. The number of rotatable bonds is 6. The minimum atomic E-state index is -4.53. The van der Waals surface area contributed by atoms with Crippen LogP contribution in [0.3, 0.4) is 0 Å². The summed E-state index contributed by atoms with van der Waals surface area (Å²) < 4.78 is 41.4. The van der Waals surface area contributed by atoms with E-state index in [1.54, 1.807) is 6.92 Å². The summed E-state index contributed by atoms with van der Waals surface area (Å²) in [5.41, 5.74) is 0.203. The monoisotopic (exact) mass is 412 g/mol. The number of anilines is 1. The van der Waals surface area contributed by atoms with Crippen LogP contribution in [0.1, 0.15) is 26.2 Å². The predicted octanol–water partition coefficient (Wildman–Crippen LogP) is 4.27. The van der Waals surface area contributed by atoms with E-state index in [0.717, 1.165) is 0 Å². The molecule has 0 aliphatic carbocycles. The van der Waals surface area contributed by atoms with Crippen molar-refractivity contribution in [1.82, 2.24) is 4.90 Å². The number of hydrogen-bond donors (Lipinski definition) is 1. The summed E-state index contributed by atoms with van der Waals surface area (Å²) in [6, 6.07) is 1.86. The third-order valence-corrected chi connectivity index (χ3v) is 4.38. The number of carbonyl (C=O) groups is 2. The van der Waals surface area contributed by atoms with Gasteiger partial charge < -0.3 is 15.0 Å². The van der Waals surface area contributed by atoms with Crippen molar-refractivity contribution in [3.63, 3.8) is 0 Å². The summed E-state index contributed by atoms with van der Waals surface area (Å²) in [5.74, 6) is -0.816. The highest BCUT2D eigenvalue weighted by Crippen LogP contribution is 2.37. The second-order valence-electron chi connectivity index (χ2n) is 5.78. The summed E-state index contributed by atoms with van der Waals surface area (Å²) in [6.07, 6.45) is -3.00. The molecule has 144 valence electrons. The van der Waals surface area contributed by atoms with Crippen LogP contribution in [0.25, 0.3) is 0 Å². The molecule has 1 aromatic carbocycles. The molecule has 0 spiro atoms. The molecule has 26 heavy (non-hydrogen) atoms. The topological polar surface area (TPSA) is 58.6 Å². The van der Waals surface area contributed by atoms with Crippen molar-refractivity contribution >= 4 is 40.7 Å². The maximum atomic E-state index is 12.5. The van der Waals surface area contributed by atoms with Crippen LogP contribution in [0.15, 0.2) is 12.1 Å². The van der Waals surface area contributed by atoms with Crippen molar-refractivity contribution in [3.05, 3.63) is 22.2 Å². The van der Waals surface area contributed by atoms with Gasteiger partial charge in [0.2, 0.25) is 11.8 Å². The Morgan fingerprint density at radius 2 is 1.96 bits per heavy atom. The Hall–Kier alpha value is -1.67. The molecule has 1 aliphatic heterocycles. The van der Waals surface area contributed by atoms with Crippen LogP contribution in [0.4, 0.5) is 18.9 Å². The van der Waals surface area contributed by atoms with Gasteiger partial charge >= 0.3 is 6.18 Å². The number of likely N-dealkylation sites (tertiary alicyclic amines) is 1. The molecule has 1 atom stereocenters. The first-order chi connectivity index (χ1) is 12.1. The molecule has 1 heterocycles. The fourth-order valence-electron chi connectivity index (χ4n) is 2.70. The zero-order valence-corrected chi connectivity index (χ0v) is 15.3. The van der Waals surface area contributed by atoms with Gasteiger partial charge in [0.1, 0.15) is 6.04 Å². The zero-order valence-electron chi connectivity index (χ0n) is 13.8. The van der Waals surface area contributed by atoms with E-state index in [-0.39, 0.29) is 27.4 Å². The third kappa shape index (κ3) is 5.17. The number of halogens is 5. The molecular formula is C16H17Cl2F3N2O3. The molecule has 1 aromatic rings. The highest BCUT2D eigenvalue weighted by molar-refractivity contribution is 6.37. The molecule has 0 unspecified atom stereocenters. The van der Waals surface area contributed by atoms with Crippen molar-refractivity contribution in [3.8, 4) is 5.75 Å². The highest BCUT2D eigenvalue weighted by atomic mass is 35.5. The lowest BCUT2D eigenvalue weighted by Gasteiger charge is -2.26.